The summed E-state index contributed by atoms with van der Waals surface area (Å²) in [5.74, 6) is 0. The monoisotopic (exact) mass is 209 g/mol. The lowest BCUT2D eigenvalue weighted by atomic mass is 10.3. The average molecular weight is 210 g/mol. The number of halogens is 2. The molecule has 0 aromatic carbocycles. The normalized spacial score (nSPS) is 11.6. The first-order valence-corrected chi connectivity index (χ1v) is 4.74. The van der Waals surface area contributed by atoms with Crippen LogP contribution in [-0.4, -0.2) is 13.4 Å². The first-order chi connectivity index (χ1) is 5.41. The van der Waals surface area contributed by atoms with Gasteiger partial charge < -0.3 is 0 Å². The molecule has 0 aliphatic carbocycles. The van der Waals surface area contributed by atoms with Crippen molar-refractivity contribution in [3.05, 3.63) is 23.0 Å². The Morgan fingerprint density at radius 2 is 2.17 bits per heavy atom. The number of aromatic nitrogens is 1. The Hall–Kier alpha value is -0.680. The topological polar surface area (TPSA) is 47.0 Å². The van der Waals surface area contributed by atoms with Crippen LogP contribution in [0, 0.1) is 6.92 Å². The molecule has 1 heterocycles. The molecule has 66 valence electrons. The summed E-state index contributed by atoms with van der Waals surface area (Å²) in [6.07, 6.45) is 1.36. The Labute approximate surface area is 74.4 Å². The Kier molecular flexibility index (Phi) is 2.34. The summed E-state index contributed by atoms with van der Waals surface area (Å²) in [4.78, 5) is 2.91. The fraction of sp³-hybridized carbons (Fsp3) is 0.167. The molecule has 0 radical (unpaired) electrons. The van der Waals surface area contributed by atoms with Gasteiger partial charge in [0.1, 0.15) is 10.0 Å². The molecule has 1 rings (SSSR count). The van der Waals surface area contributed by atoms with Crippen LogP contribution in [0.3, 0.4) is 0 Å². The minimum absolute atomic E-state index is 0.344. The molecule has 6 heteroatoms. The van der Waals surface area contributed by atoms with Crippen molar-refractivity contribution in [3.8, 4) is 0 Å². The Bertz CT molecular complexity index is 404. The van der Waals surface area contributed by atoms with Gasteiger partial charge in [-0.25, -0.2) is 4.98 Å². The van der Waals surface area contributed by atoms with Crippen molar-refractivity contribution >= 4 is 21.8 Å². The molecule has 0 spiro atoms. The zero-order valence-corrected chi connectivity index (χ0v) is 7.66. The van der Waals surface area contributed by atoms with E-state index >= 15 is 0 Å². The lowest BCUT2D eigenvalue weighted by molar-refractivity contribution is 0.551. The third-order valence-electron chi connectivity index (χ3n) is 1.21. The van der Waals surface area contributed by atoms with Crippen LogP contribution in [0.5, 0.6) is 0 Å². The number of hydrogen-bond donors (Lipinski definition) is 0. The molecule has 0 amide bonds. The summed E-state index contributed by atoms with van der Waals surface area (Å²) in [6.45, 7) is 1.60. The van der Waals surface area contributed by atoms with Crippen LogP contribution in [0.2, 0.25) is 5.15 Å². The smallest absolute Gasteiger partial charge is 0.243 e. The van der Waals surface area contributed by atoms with Crippen molar-refractivity contribution in [1.82, 2.24) is 4.98 Å². The molecule has 0 unspecified atom stereocenters. The second-order valence-corrected chi connectivity index (χ2v) is 3.91. The molecule has 0 saturated heterocycles. The van der Waals surface area contributed by atoms with Crippen molar-refractivity contribution in [2.75, 3.05) is 0 Å². The summed E-state index contributed by atoms with van der Waals surface area (Å²) < 4.78 is 33.2. The van der Waals surface area contributed by atoms with Crippen LogP contribution in [0.15, 0.2) is 17.2 Å². The average Bonchev–Trinajstić information content (AvgIpc) is 1.92. The second-order valence-electron chi connectivity index (χ2n) is 2.24. The maximum absolute atomic E-state index is 12.4. The van der Waals surface area contributed by atoms with Gasteiger partial charge in [0.05, 0.1) is 0 Å². The van der Waals surface area contributed by atoms with Gasteiger partial charge in [0, 0.05) is 6.20 Å². The highest BCUT2D eigenvalue weighted by Gasteiger charge is 2.17. The van der Waals surface area contributed by atoms with Crippen LogP contribution in [0.25, 0.3) is 0 Å². The summed E-state index contributed by atoms with van der Waals surface area (Å²) in [5.41, 5.74) is 0.538. The highest BCUT2D eigenvalue weighted by atomic mass is 35.5. The number of hydrogen-bond acceptors (Lipinski definition) is 3. The van der Waals surface area contributed by atoms with Gasteiger partial charge in [0.2, 0.25) is 0 Å². The Morgan fingerprint density at radius 1 is 1.58 bits per heavy atom. The molecule has 0 N–H and O–H groups in total. The van der Waals surface area contributed by atoms with Gasteiger partial charge in [-0.05, 0) is 18.6 Å². The van der Waals surface area contributed by atoms with E-state index in [0.29, 0.717) is 5.56 Å². The molecule has 0 aliphatic rings. The summed E-state index contributed by atoms with van der Waals surface area (Å²) in [7, 11) is -4.75. The highest BCUT2D eigenvalue weighted by molar-refractivity contribution is 7.86. The van der Waals surface area contributed by atoms with Crippen molar-refractivity contribution in [3.63, 3.8) is 0 Å². The quantitative estimate of drug-likeness (QED) is 0.523. The molecule has 0 bridgehead atoms. The molecular formula is C6H5ClFNO2S. The SMILES string of the molecule is Cc1cnc(Cl)c(S(=O)(=O)F)c1. The molecule has 12 heavy (non-hydrogen) atoms. The first-order valence-electron chi connectivity index (χ1n) is 2.98. The lowest BCUT2D eigenvalue weighted by Gasteiger charge is -1.98. The standard InChI is InChI=1S/C6H5ClFNO2S/c1-4-2-5(12(8,10)11)6(7)9-3-4/h2-3H,1H3. The van der Waals surface area contributed by atoms with E-state index in [1.165, 1.54) is 6.20 Å². The van der Waals surface area contributed by atoms with Gasteiger partial charge in [-0.15, -0.1) is 3.89 Å². The summed E-state index contributed by atoms with van der Waals surface area (Å²) >= 11 is 5.35. The predicted octanol–water partition coefficient (Wildman–Crippen LogP) is 1.70. The minimum Gasteiger partial charge on any atom is -0.243 e. The second kappa shape index (κ2) is 2.99. The minimum atomic E-state index is -4.75. The van der Waals surface area contributed by atoms with Gasteiger partial charge >= 0.3 is 10.2 Å². The third-order valence-corrected chi connectivity index (χ3v) is 2.46. The number of aryl methyl sites for hydroxylation is 1. The van der Waals surface area contributed by atoms with Crippen molar-refractivity contribution in [2.45, 2.75) is 11.8 Å². The van der Waals surface area contributed by atoms with Crippen LogP contribution in [-0.2, 0) is 10.2 Å². The molecule has 1 aromatic rings. The van der Waals surface area contributed by atoms with Gasteiger partial charge in [-0.1, -0.05) is 11.6 Å². The Morgan fingerprint density at radius 3 is 2.58 bits per heavy atom. The van der Waals surface area contributed by atoms with Gasteiger partial charge in [0.15, 0.2) is 0 Å². The van der Waals surface area contributed by atoms with E-state index in [9.17, 15) is 12.3 Å². The van der Waals surface area contributed by atoms with Gasteiger partial charge in [0.25, 0.3) is 0 Å². The van der Waals surface area contributed by atoms with E-state index in [2.05, 4.69) is 4.98 Å². The zero-order chi connectivity index (χ0) is 9.35. The lowest BCUT2D eigenvalue weighted by Crippen LogP contribution is -1.95. The van der Waals surface area contributed by atoms with E-state index in [1.807, 2.05) is 0 Å². The zero-order valence-electron chi connectivity index (χ0n) is 6.08. The fourth-order valence-corrected chi connectivity index (χ4v) is 1.66. The molecule has 3 nitrogen and oxygen atoms in total. The molecule has 0 aliphatic heterocycles. The van der Waals surface area contributed by atoms with Crippen LogP contribution < -0.4 is 0 Å². The van der Waals surface area contributed by atoms with Crippen molar-refractivity contribution < 1.29 is 12.3 Å². The number of rotatable bonds is 1. The Balaban J connectivity index is 3.43. The summed E-state index contributed by atoms with van der Waals surface area (Å²) in [6, 6.07) is 1.13. The number of pyridine rings is 1. The van der Waals surface area contributed by atoms with E-state index in [-0.39, 0.29) is 5.15 Å². The van der Waals surface area contributed by atoms with Crippen LogP contribution in [0.4, 0.5) is 3.89 Å². The number of nitrogens with zero attached hydrogens (tertiary/aromatic N) is 1. The predicted molar refractivity (Wildman–Crippen MR) is 42.3 cm³/mol. The van der Waals surface area contributed by atoms with E-state index in [4.69, 9.17) is 11.6 Å². The highest BCUT2D eigenvalue weighted by Crippen LogP contribution is 2.21. The largest absolute Gasteiger partial charge is 0.335 e. The van der Waals surface area contributed by atoms with Gasteiger partial charge in [-0.2, -0.15) is 8.42 Å². The van der Waals surface area contributed by atoms with E-state index < -0.39 is 15.1 Å². The molecular weight excluding hydrogens is 205 g/mol. The van der Waals surface area contributed by atoms with Crippen LogP contribution >= 0.6 is 11.6 Å². The molecule has 0 atom stereocenters. The fourth-order valence-electron chi connectivity index (χ4n) is 0.697. The first kappa shape index (κ1) is 9.41. The molecule has 0 saturated carbocycles. The summed E-state index contributed by atoms with van der Waals surface area (Å²) in [5, 5.41) is -0.344. The van der Waals surface area contributed by atoms with E-state index in [0.717, 1.165) is 6.07 Å². The van der Waals surface area contributed by atoms with Gasteiger partial charge in [-0.3, -0.25) is 0 Å². The third kappa shape index (κ3) is 1.92. The van der Waals surface area contributed by atoms with Crippen LogP contribution in [0.1, 0.15) is 5.56 Å². The van der Waals surface area contributed by atoms with Crippen molar-refractivity contribution in [2.24, 2.45) is 0 Å². The maximum atomic E-state index is 12.4. The molecule has 0 fully saturated rings. The molecule has 1 aromatic heterocycles. The maximum Gasteiger partial charge on any atom is 0.335 e. The van der Waals surface area contributed by atoms with E-state index in [1.54, 1.807) is 6.92 Å². The van der Waals surface area contributed by atoms with Crippen molar-refractivity contribution in [1.29, 1.82) is 0 Å².